The predicted molar refractivity (Wildman–Crippen MR) is 72.0 cm³/mol. The highest BCUT2D eigenvalue weighted by atomic mass is 16.2. The van der Waals surface area contributed by atoms with Gasteiger partial charge in [-0.2, -0.15) is 0 Å². The first-order valence-electron chi connectivity index (χ1n) is 6.07. The topological polar surface area (TPSA) is 32.3 Å². The number of likely N-dealkylation sites (N-methyl/N-ethyl adjacent to an activating group) is 1. The third-order valence-corrected chi connectivity index (χ3v) is 3.19. The average Bonchev–Trinajstić information content (AvgIpc) is 2.35. The quantitative estimate of drug-likeness (QED) is 0.849. The van der Waals surface area contributed by atoms with Gasteiger partial charge < -0.3 is 10.2 Å². The van der Waals surface area contributed by atoms with Gasteiger partial charge in [0.1, 0.15) is 0 Å². The molecule has 0 heterocycles. The van der Waals surface area contributed by atoms with Crippen molar-refractivity contribution < 1.29 is 4.79 Å². The van der Waals surface area contributed by atoms with Gasteiger partial charge in [0.05, 0.1) is 6.54 Å². The normalized spacial score (nSPS) is 12.3. The summed E-state index contributed by atoms with van der Waals surface area (Å²) in [5, 5.41) is 3.13. The van der Waals surface area contributed by atoms with Crippen LogP contribution in [-0.2, 0) is 4.79 Å². The van der Waals surface area contributed by atoms with Crippen molar-refractivity contribution in [2.45, 2.75) is 26.8 Å². The predicted octanol–water partition coefficient (Wildman–Crippen LogP) is 2.60. The molecule has 1 aromatic rings. The molecule has 0 bridgehead atoms. The summed E-state index contributed by atoms with van der Waals surface area (Å²) >= 11 is 0. The van der Waals surface area contributed by atoms with E-state index < -0.39 is 0 Å². The number of anilines is 1. The van der Waals surface area contributed by atoms with Crippen LogP contribution in [0.25, 0.3) is 0 Å². The molecule has 1 amide bonds. The van der Waals surface area contributed by atoms with Crippen LogP contribution in [0.15, 0.2) is 30.3 Å². The van der Waals surface area contributed by atoms with Crippen molar-refractivity contribution in [2.24, 2.45) is 5.92 Å². The molecule has 0 aliphatic heterocycles. The lowest BCUT2D eigenvalue weighted by molar-refractivity contribution is -0.130. The Kier molecular flexibility index (Phi) is 5.01. The van der Waals surface area contributed by atoms with Crippen molar-refractivity contribution in [1.29, 1.82) is 0 Å². The van der Waals surface area contributed by atoms with Gasteiger partial charge >= 0.3 is 0 Å². The van der Waals surface area contributed by atoms with Crippen molar-refractivity contribution >= 4 is 11.6 Å². The van der Waals surface area contributed by atoms with E-state index in [9.17, 15) is 4.79 Å². The zero-order valence-electron chi connectivity index (χ0n) is 11.1. The van der Waals surface area contributed by atoms with Gasteiger partial charge in [-0.3, -0.25) is 4.79 Å². The number of hydrogen-bond acceptors (Lipinski definition) is 2. The molecule has 0 radical (unpaired) electrons. The molecular formula is C14H22N2O. The van der Waals surface area contributed by atoms with Crippen LogP contribution in [-0.4, -0.2) is 30.4 Å². The van der Waals surface area contributed by atoms with Crippen LogP contribution in [0.4, 0.5) is 5.69 Å². The molecule has 3 heteroatoms. The number of rotatable bonds is 5. The molecule has 0 aliphatic rings. The van der Waals surface area contributed by atoms with Crippen LogP contribution in [0.3, 0.4) is 0 Å². The summed E-state index contributed by atoms with van der Waals surface area (Å²) in [7, 11) is 1.86. The molecule has 3 nitrogen and oxygen atoms in total. The number of nitrogens with one attached hydrogen (secondary N) is 1. The van der Waals surface area contributed by atoms with E-state index in [0.717, 1.165) is 5.69 Å². The van der Waals surface area contributed by atoms with E-state index >= 15 is 0 Å². The highest BCUT2D eigenvalue weighted by molar-refractivity contribution is 5.80. The first kappa shape index (κ1) is 13.6. The number of nitrogens with zero attached hydrogens (tertiary/aromatic N) is 1. The van der Waals surface area contributed by atoms with E-state index in [2.05, 4.69) is 26.1 Å². The van der Waals surface area contributed by atoms with E-state index in [1.165, 1.54) is 0 Å². The minimum absolute atomic E-state index is 0.120. The summed E-state index contributed by atoms with van der Waals surface area (Å²) in [6.45, 7) is 6.67. The fourth-order valence-corrected chi connectivity index (χ4v) is 1.53. The maximum absolute atomic E-state index is 11.9. The fraction of sp³-hybridized carbons (Fsp3) is 0.500. The smallest absolute Gasteiger partial charge is 0.241 e. The standard InChI is InChI=1S/C14H22N2O/c1-11(2)12(3)16(4)14(17)10-15-13-8-6-5-7-9-13/h5-9,11-12,15H,10H2,1-4H3. The van der Waals surface area contributed by atoms with Gasteiger partial charge in [-0.05, 0) is 25.0 Å². The fourth-order valence-electron chi connectivity index (χ4n) is 1.53. The summed E-state index contributed by atoms with van der Waals surface area (Å²) in [6.07, 6.45) is 0. The number of carbonyl (C=O) groups excluding carboxylic acids is 1. The molecule has 1 rings (SSSR count). The number of amides is 1. The van der Waals surface area contributed by atoms with Crippen LogP contribution in [0.2, 0.25) is 0 Å². The van der Waals surface area contributed by atoms with Crippen LogP contribution in [0, 0.1) is 5.92 Å². The van der Waals surface area contributed by atoms with Gasteiger partial charge in [-0.25, -0.2) is 0 Å². The van der Waals surface area contributed by atoms with Crippen molar-refractivity contribution in [3.63, 3.8) is 0 Å². The third kappa shape index (κ3) is 4.10. The molecule has 94 valence electrons. The number of benzene rings is 1. The van der Waals surface area contributed by atoms with Gasteiger partial charge in [0.25, 0.3) is 0 Å². The highest BCUT2D eigenvalue weighted by Gasteiger charge is 2.17. The Morgan fingerprint density at radius 2 is 1.82 bits per heavy atom. The van der Waals surface area contributed by atoms with Crippen LogP contribution in [0.5, 0.6) is 0 Å². The summed E-state index contributed by atoms with van der Waals surface area (Å²) < 4.78 is 0. The van der Waals surface area contributed by atoms with Gasteiger partial charge in [0, 0.05) is 18.8 Å². The molecule has 0 fully saturated rings. The Hall–Kier alpha value is -1.51. The van der Waals surface area contributed by atoms with E-state index in [1.807, 2.05) is 37.4 Å². The van der Waals surface area contributed by atoms with Gasteiger partial charge in [-0.1, -0.05) is 32.0 Å². The highest BCUT2D eigenvalue weighted by Crippen LogP contribution is 2.09. The molecule has 1 aromatic carbocycles. The van der Waals surface area contributed by atoms with Crippen molar-refractivity contribution in [2.75, 3.05) is 18.9 Å². The van der Waals surface area contributed by atoms with Crippen LogP contribution >= 0.6 is 0 Å². The largest absolute Gasteiger partial charge is 0.376 e. The summed E-state index contributed by atoms with van der Waals surface area (Å²) in [6, 6.07) is 10.0. The summed E-state index contributed by atoms with van der Waals surface area (Å²) in [5.41, 5.74) is 0.978. The molecule has 1 unspecified atom stereocenters. The number of carbonyl (C=O) groups is 1. The van der Waals surface area contributed by atoms with E-state index in [0.29, 0.717) is 12.5 Å². The molecular weight excluding hydrogens is 212 g/mol. The first-order chi connectivity index (χ1) is 8.02. The zero-order chi connectivity index (χ0) is 12.8. The Morgan fingerprint density at radius 3 is 2.35 bits per heavy atom. The van der Waals surface area contributed by atoms with E-state index in [1.54, 1.807) is 4.90 Å². The molecule has 1 atom stereocenters. The van der Waals surface area contributed by atoms with E-state index in [-0.39, 0.29) is 11.9 Å². The Morgan fingerprint density at radius 1 is 1.24 bits per heavy atom. The van der Waals surface area contributed by atoms with Gasteiger partial charge in [-0.15, -0.1) is 0 Å². The molecule has 0 saturated carbocycles. The summed E-state index contributed by atoms with van der Waals surface area (Å²) in [5.74, 6) is 0.593. The lowest BCUT2D eigenvalue weighted by Gasteiger charge is -2.28. The monoisotopic (exact) mass is 234 g/mol. The average molecular weight is 234 g/mol. The first-order valence-corrected chi connectivity index (χ1v) is 6.07. The SMILES string of the molecule is CC(C)C(C)N(C)C(=O)CNc1ccccc1. The second-order valence-electron chi connectivity index (χ2n) is 4.71. The molecule has 0 aromatic heterocycles. The van der Waals surface area contributed by atoms with Crippen LogP contribution < -0.4 is 5.32 Å². The zero-order valence-corrected chi connectivity index (χ0v) is 11.1. The molecule has 0 spiro atoms. The second-order valence-corrected chi connectivity index (χ2v) is 4.71. The van der Waals surface area contributed by atoms with Gasteiger partial charge in [0.15, 0.2) is 0 Å². The van der Waals surface area contributed by atoms with Crippen LogP contribution in [0.1, 0.15) is 20.8 Å². The maximum atomic E-state index is 11.9. The Labute approximate surface area is 104 Å². The molecule has 17 heavy (non-hydrogen) atoms. The minimum atomic E-state index is 0.120. The van der Waals surface area contributed by atoms with Crippen molar-refractivity contribution in [3.8, 4) is 0 Å². The molecule has 1 N–H and O–H groups in total. The number of para-hydroxylation sites is 1. The van der Waals surface area contributed by atoms with Crippen molar-refractivity contribution in [1.82, 2.24) is 4.90 Å². The third-order valence-electron chi connectivity index (χ3n) is 3.19. The molecule has 0 aliphatic carbocycles. The summed E-state index contributed by atoms with van der Waals surface area (Å²) in [4.78, 5) is 13.7. The lowest BCUT2D eigenvalue weighted by atomic mass is 10.1. The lowest BCUT2D eigenvalue weighted by Crippen LogP contribution is -2.41. The van der Waals surface area contributed by atoms with E-state index in [4.69, 9.17) is 0 Å². The molecule has 0 saturated heterocycles. The van der Waals surface area contributed by atoms with Gasteiger partial charge in [0.2, 0.25) is 5.91 Å². The second kappa shape index (κ2) is 6.28. The maximum Gasteiger partial charge on any atom is 0.241 e. The minimum Gasteiger partial charge on any atom is -0.376 e. The Bertz CT molecular complexity index is 348. The van der Waals surface area contributed by atoms with Crippen molar-refractivity contribution in [3.05, 3.63) is 30.3 Å². The Balaban J connectivity index is 2.45. The number of hydrogen-bond donors (Lipinski definition) is 1.